The van der Waals surface area contributed by atoms with E-state index in [2.05, 4.69) is 41.2 Å². The summed E-state index contributed by atoms with van der Waals surface area (Å²) >= 11 is 0. The van der Waals surface area contributed by atoms with Gasteiger partial charge in [0.1, 0.15) is 0 Å². The fourth-order valence-electron chi connectivity index (χ4n) is 8.76. The zero-order chi connectivity index (χ0) is 45.3. The standard InChI is InChI=1S/C54H30F6N6/c1-61-39-21-26-49(65-45-24-19-37(53(55,56)57)29-42(45)43-30-38(54(58,59)60)20-25-46(43)65)44(31-39)51-62-50(34-15-9-4-10-16-34)63-52(64-51)66-47-22-17-35(32-11-5-2-6-12-32)27-40(47)41-28-36(18-23-48(41)66)33-13-7-3-8-14-33/h2-31H. The van der Waals surface area contributed by atoms with Gasteiger partial charge in [0.15, 0.2) is 17.3 Å². The Morgan fingerprint density at radius 2 is 0.833 bits per heavy atom. The van der Waals surface area contributed by atoms with E-state index in [9.17, 15) is 26.3 Å². The van der Waals surface area contributed by atoms with Crippen molar-refractivity contribution in [2.75, 3.05) is 0 Å². The molecule has 0 spiro atoms. The molecule has 0 bridgehead atoms. The number of aromatic nitrogens is 5. The molecule has 0 fully saturated rings. The third-order valence-electron chi connectivity index (χ3n) is 11.8. The van der Waals surface area contributed by atoms with Crippen LogP contribution in [-0.4, -0.2) is 24.1 Å². The summed E-state index contributed by atoms with van der Waals surface area (Å²) in [5.74, 6) is 0.647. The van der Waals surface area contributed by atoms with E-state index in [0.717, 1.165) is 68.3 Å². The summed E-state index contributed by atoms with van der Waals surface area (Å²) in [5, 5.41) is 1.79. The Bertz CT molecular complexity index is 3570. The first-order chi connectivity index (χ1) is 31.9. The molecule has 3 aromatic heterocycles. The van der Waals surface area contributed by atoms with Crippen molar-refractivity contribution in [3.8, 4) is 56.7 Å². The molecule has 6 nitrogen and oxygen atoms in total. The molecule has 0 aliphatic heterocycles. The molecule has 0 atom stereocenters. The van der Waals surface area contributed by atoms with E-state index in [4.69, 9.17) is 21.5 Å². The summed E-state index contributed by atoms with van der Waals surface area (Å²) in [4.78, 5) is 19.0. The summed E-state index contributed by atoms with van der Waals surface area (Å²) < 4.78 is 88.5. The first kappa shape index (κ1) is 40.2. The van der Waals surface area contributed by atoms with Gasteiger partial charge in [-0.2, -0.15) is 36.3 Å². The summed E-state index contributed by atoms with van der Waals surface area (Å²) in [6.07, 6.45) is -9.53. The molecular weight excluding hydrogens is 847 g/mol. The van der Waals surface area contributed by atoms with Crippen LogP contribution in [0, 0.1) is 6.57 Å². The minimum absolute atomic E-state index is 0.0394. The second-order valence-corrected chi connectivity index (χ2v) is 15.8. The minimum Gasteiger partial charge on any atom is -0.309 e. The van der Waals surface area contributed by atoms with Crippen molar-refractivity contribution in [3.63, 3.8) is 0 Å². The Kier molecular flexibility index (Phi) is 9.33. The van der Waals surface area contributed by atoms with Gasteiger partial charge in [0.2, 0.25) is 5.95 Å². The average Bonchev–Trinajstić information content (AvgIpc) is 3.85. The zero-order valence-corrected chi connectivity index (χ0v) is 34.3. The Hall–Kier alpha value is -8.56. The molecular formula is C54H30F6N6. The third-order valence-corrected chi connectivity index (χ3v) is 11.8. The van der Waals surface area contributed by atoms with Crippen LogP contribution >= 0.6 is 0 Å². The molecule has 8 aromatic carbocycles. The van der Waals surface area contributed by atoms with Crippen molar-refractivity contribution in [3.05, 3.63) is 205 Å². The average molecular weight is 877 g/mol. The van der Waals surface area contributed by atoms with Crippen LogP contribution in [0.15, 0.2) is 182 Å². The smallest absolute Gasteiger partial charge is 0.309 e. The lowest BCUT2D eigenvalue weighted by Gasteiger charge is -2.16. The molecule has 0 saturated carbocycles. The van der Waals surface area contributed by atoms with Gasteiger partial charge >= 0.3 is 12.4 Å². The van der Waals surface area contributed by atoms with Crippen molar-refractivity contribution in [2.24, 2.45) is 0 Å². The quantitative estimate of drug-likeness (QED) is 0.124. The maximum Gasteiger partial charge on any atom is 0.416 e. The number of nitrogens with zero attached hydrogens (tertiary/aromatic N) is 6. The Morgan fingerprint density at radius 1 is 0.394 bits per heavy atom. The van der Waals surface area contributed by atoms with Crippen LogP contribution in [0.5, 0.6) is 0 Å². The number of halogens is 6. The highest BCUT2D eigenvalue weighted by Crippen LogP contribution is 2.43. The largest absolute Gasteiger partial charge is 0.416 e. The molecule has 3 heterocycles. The van der Waals surface area contributed by atoms with Crippen LogP contribution in [0.4, 0.5) is 32.0 Å². The van der Waals surface area contributed by atoms with Gasteiger partial charge in [0.25, 0.3) is 0 Å². The van der Waals surface area contributed by atoms with E-state index in [1.807, 2.05) is 95.6 Å². The lowest BCUT2D eigenvalue weighted by atomic mass is 10.0. The normalized spacial score (nSPS) is 12.1. The molecule has 0 amide bonds. The van der Waals surface area contributed by atoms with Gasteiger partial charge in [-0.15, -0.1) is 0 Å². The van der Waals surface area contributed by atoms with Gasteiger partial charge in [-0.3, -0.25) is 4.57 Å². The van der Waals surface area contributed by atoms with E-state index in [1.165, 1.54) is 12.1 Å². The fourth-order valence-corrected chi connectivity index (χ4v) is 8.76. The maximum absolute atomic E-state index is 14.2. The van der Waals surface area contributed by atoms with Crippen molar-refractivity contribution in [1.82, 2.24) is 24.1 Å². The molecule has 0 saturated heterocycles. The first-order valence-corrected chi connectivity index (χ1v) is 20.7. The number of alkyl halides is 6. The van der Waals surface area contributed by atoms with Crippen LogP contribution in [0.3, 0.4) is 0 Å². The van der Waals surface area contributed by atoms with Gasteiger partial charge in [-0.05, 0) is 95.1 Å². The number of benzene rings is 8. The number of hydrogen-bond acceptors (Lipinski definition) is 3. The number of fused-ring (bicyclic) bond motifs is 6. The summed E-state index contributed by atoms with van der Waals surface area (Å²) in [6, 6.07) is 52.6. The van der Waals surface area contributed by atoms with Crippen LogP contribution < -0.4 is 0 Å². The SMILES string of the molecule is [C-]#[N+]c1ccc(-n2c3ccc(C(F)(F)F)cc3c3cc(C(F)(F)F)ccc32)c(-c2nc(-c3ccccc3)nc(-n3c4ccc(-c5ccccc5)cc4c4cc(-c5ccccc5)ccc43)n2)c1. The third kappa shape index (κ3) is 6.89. The zero-order valence-electron chi connectivity index (χ0n) is 34.3. The minimum atomic E-state index is -4.76. The van der Waals surface area contributed by atoms with Crippen molar-refractivity contribution in [1.29, 1.82) is 0 Å². The van der Waals surface area contributed by atoms with E-state index in [-0.39, 0.29) is 39.3 Å². The Balaban J connectivity index is 1.20. The lowest BCUT2D eigenvalue weighted by Crippen LogP contribution is -2.08. The van der Waals surface area contributed by atoms with Crippen molar-refractivity contribution < 1.29 is 26.3 Å². The predicted octanol–water partition coefficient (Wildman–Crippen LogP) is 15.3. The van der Waals surface area contributed by atoms with Gasteiger partial charge < -0.3 is 4.57 Å². The molecule has 318 valence electrons. The predicted molar refractivity (Wildman–Crippen MR) is 247 cm³/mol. The highest BCUT2D eigenvalue weighted by atomic mass is 19.4. The maximum atomic E-state index is 14.2. The van der Waals surface area contributed by atoms with Crippen LogP contribution in [-0.2, 0) is 12.4 Å². The lowest BCUT2D eigenvalue weighted by molar-refractivity contribution is -0.138. The van der Waals surface area contributed by atoms with Crippen LogP contribution in [0.1, 0.15) is 11.1 Å². The topological polar surface area (TPSA) is 52.9 Å². The molecule has 0 aliphatic rings. The molecule has 11 aromatic rings. The van der Waals surface area contributed by atoms with E-state index in [1.54, 1.807) is 22.8 Å². The van der Waals surface area contributed by atoms with E-state index >= 15 is 0 Å². The fraction of sp³-hybridized carbons (Fsp3) is 0.0370. The second-order valence-electron chi connectivity index (χ2n) is 15.8. The Morgan fingerprint density at radius 3 is 1.32 bits per heavy atom. The van der Waals surface area contributed by atoms with Crippen molar-refractivity contribution >= 4 is 49.3 Å². The van der Waals surface area contributed by atoms with E-state index in [0.29, 0.717) is 22.6 Å². The van der Waals surface area contributed by atoms with Gasteiger partial charge in [-0.1, -0.05) is 109 Å². The Labute approximate surface area is 372 Å². The number of hydrogen-bond donors (Lipinski definition) is 0. The molecule has 11 rings (SSSR count). The van der Waals surface area contributed by atoms with Crippen LogP contribution in [0.25, 0.3) is 105 Å². The molecule has 0 radical (unpaired) electrons. The molecule has 0 unspecified atom stereocenters. The summed E-state index contributed by atoms with van der Waals surface area (Å²) in [5.41, 5.74) is 5.53. The van der Waals surface area contributed by atoms with Crippen LogP contribution in [0.2, 0.25) is 0 Å². The number of rotatable bonds is 6. The van der Waals surface area contributed by atoms with E-state index < -0.39 is 23.5 Å². The molecule has 12 heteroatoms. The molecule has 0 N–H and O–H groups in total. The molecule has 0 aliphatic carbocycles. The van der Waals surface area contributed by atoms with Gasteiger partial charge in [0, 0.05) is 32.7 Å². The van der Waals surface area contributed by atoms with Gasteiger partial charge in [-0.25, -0.2) is 9.83 Å². The van der Waals surface area contributed by atoms with Gasteiger partial charge in [0.05, 0.1) is 45.5 Å². The summed E-state index contributed by atoms with van der Waals surface area (Å²) in [6.45, 7) is 7.99. The second kappa shape index (κ2) is 15.3. The highest BCUT2D eigenvalue weighted by molar-refractivity contribution is 6.12. The molecule has 66 heavy (non-hydrogen) atoms. The highest BCUT2D eigenvalue weighted by Gasteiger charge is 2.34. The summed E-state index contributed by atoms with van der Waals surface area (Å²) in [7, 11) is 0. The monoisotopic (exact) mass is 876 g/mol. The first-order valence-electron chi connectivity index (χ1n) is 20.7. The van der Waals surface area contributed by atoms with Crippen molar-refractivity contribution in [2.45, 2.75) is 12.4 Å².